The molecule has 0 atom stereocenters. The highest BCUT2D eigenvalue weighted by molar-refractivity contribution is 8.00. The average Bonchev–Trinajstić information content (AvgIpc) is 2.60. The lowest BCUT2D eigenvalue weighted by molar-refractivity contribution is -0.120. The van der Waals surface area contributed by atoms with E-state index in [2.05, 4.69) is 10.5 Å². The van der Waals surface area contributed by atoms with Gasteiger partial charge < -0.3 is 4.74 Å². The summed E-state index contributed by atoms with van der Waals surface area (Å²) in [6.07, 6.45) is 2.34. The molecule has 3 rings (SSSR count). The Labute approximate surface area is 166 Å². The fourth-order valence-electron chi connectivity index (χ4n) is 2.17. The number of nitrogens with zero attached hydrogens (tertiary/aromatic N) is 1. The van der Waals surface area contributed by atoms with Gasteiger partial charge in [0.05, 0.1) is 6.21 Å². The van der Waals surface area contributed by atoms with Crippen molar-refractivity contribution >= 4 is 47.2 Å². The molecule has 1 N–H and O–H groups in total. The number of ether oxygens (including phenoxy) is 1. The smallest absolute Gasteiger partial charge is 0.240 e. The van der Waals surface area contributed by atoms with E-state index < -0.39 is 0 Å². The number of amides is 1. The normalized spacial score (nSPS) is 14.2. The van der Waals surface area contributed by atoms with E-state index in [1.54, 1.807) is 18.0 Å². The molecule has 0 aliphatic carbocycles. The first kappa shape index (κ1) is 19.1. The van der Waals surface area contributed by atoms with E-state index in [0.29, 0.717) is 23.3 Å². The van der Waals surface area contributed by atoms with Crippen molar-refractivity contribution in [1.82, 2.24) is 5.43 Å². The van der Waals surface area contributed by atoms with Gasteiger partial charge in [0, 0.05) is 33.6 Å². The number of hydrogen-bond donors (Lipinski definition) is 1. The van der Waals surface area contributed by atoms with Crippen LogP contribution in [0.25, 0.3) is 0 Å². The predicted octanol–water partition coefficient (Wildman–Crippen LogP) is 4.47. The summed E-state index contributed by atoms with van der Waals surface area (Å²) in [6, 6.07) is 15.3. The van der Waals surface area contributed by atoms with Crippen LogP contribution in [0.4, 0.5) is 0 Å². The lowest BCUT2D eigenvalue weighted by Gasteiger charge is -2.25. The summed E-state index contributed by atoms with van der Waals surface area (Å²) in [5.74, 6) is 3.50. The molecule has 1 fully saturated rings. The number of carbonyl (C=O) groups is 1. The highest BCUT2D eigenvalue weighted by Gasteiger charge is 2.19. The Balaban J connectivity index is 1.39. The monoisotopic (exact) mass is 406 g/mol. The van der Waals surface area contributed by atoms with Crippen LogP contribution in [0.5, 0.6) is 5.75 Å². The number of hydrazone groups is 1. The number of thioether (sulfide) groups is 2. The molecule has 4 nitrogen and oxygen atoms in total. The lowest BCUT2D eigenvalue weighted by Crippen LogP contribution is -2.31. The van der Waals surface area contributed by atoms with Gasteiger partial charge in [-0.25, -0.2) is 5.43 Å². The van der Waals surface area contributed by atoms with Gasteiger partial charge in [-0.2, -0.15) is 16.9 Å². The molecule has 0 bridgehead atoms. The van der Waals surface area contributed by atoms with Crippen molar-refractivity contribution in [3.8, 4) is 5.75 Å². The van der Waals surface area contributed by atoms with Crippen molar-refractivity contribution in [2.75, 3.05) is 17.3 Å². The topological polar surface area (TPSA) is 50.7 Å². The van der Waals surface area contributed by atoms with Crippen LogP contribution < -0.4 is 10.2 Å². The maximum atomic E-state index is 11.9. The van der Waals surface area contributed by atoms with Gasteiger partial charge in [0.15, 0.2) is 0 Å². The van der Waals surface area contributed by atoms with Crippen molar-refractivity contribution in [1.29, 1.82) is 0 Å². The van der Waals surface area contributed by atoms with E-state index in [1.165, 1.54) is 0 Å². The van der Waals surface area contributed by atoms with Gasteiger partial charge in [-0.3, -0.25) is 4.79 Å². The van der Waals surface area contributed by atoms with Gasteiger partial charge in [0.2, 0.25) is 5.91 Å². The number of carbonyl (C=O) groups excluding carboxylic acids is 1. The molecular formula is C19H19ClN2O2S2. The van der Waals surface area contributed by atoms with Crippen molar-refractivity contribution in [3.63, 3.8) is 0 Å². The second-order valence-corrected chi connectivity index (χ2v) is 8.38. The van der Waals surface area contributed by atoms with Crippen LogP contribution in [0, 0.1) is 0 Å². The summed E-state index contributed by atoms with van der Waals surface area (Å²) in [4.78, 5) is 12.9. The molecule has 0 saturated carbocycles. The second kappa shape index (κ2) is 9.90. The molecule has 0 unspecified atom stereocenters. The van der Waals surface area contributed by atoms with Crippen LogP contribution in [0.1, 0.15) is 12.0 Å². The minimum absolute atomic E-state index is 0.110. The summed E-state index contributed by atoms with van der Waals surface area (Å²) in [6.45, 7) is 0. The zero-order valence-electron chi connectivity index (χ0n) is 14.1. The van der Waals surface area contributed by atoms with E-state index in [-0.39, 0.29) is 5.91 Å². The van der Waals surface area contributed by atoms with Crippen LogP contribution >= 0.6 is 35.1 Å². The first-order chi connectivity index (χ1) is 12.7. The van der Waals surface area contributed by atoms with Crippen molar-refractivity contribution in [3.05, 3.63) is 59.1 Å². The lowest BCUT2D eigenvalue weighted by atomic mass is 10.2. The Hall–Kier alpha value is -1.63. The van der Waals surface area contributed by atoms with E-state index >= 15 is 0 Å². The maximum Gasteiger partial charge on any atom is 0.240 e. The molecule has 2 aromatic rings. The molecule has 1 heterocycles. The maximum absolute atomic E-state index is 11.9. The standard InChI is InChI=1S/C19H19ClN2O2S2/c20-15-4-6-18(7-5-15)26-9-8-19(23)22-21-11-14-2-1-3-16(10-14)24-17-12-25-13-17/h1-7,10-11,17H,8-9,12-13H2,(H,22,23). The fourth-order valence-corrected chi connectivity index (χ4v) is 3.71. The molecule has 26 heavy (non-hydrogen) atoms. The Bertz CT molecular complexity index is 764. The van der Waals surface area contributed by atoms with Crippen LogP contribution in [0.3, 0.4) is 0 Å². The molecule has 2 aromatic carbocycles. The predicted molar refractivity (Wildman–Crippen MR) is 111 cm³/mol. The Morgan fingerprint density at radius 3 is 2.85 bits per heavy atom. The van der Waals surface area contributed by atoms with E-state index in [0.717, 1.165) is 27.7 Å². The molecule has 1 aliphatic rings. The number of rotatable bonds is 8. The van der Waals surface area contributed by atoms with Crippen molar-refractivity contribution in [2.24, 2.45) is 5.10 Å². The first-order valence-electron chi connectivity index (χ1n) is 8.24. The number of benzene rings is 2. The van der Waals surface area contributed by atoms with Gasteiger partial charge >= 0.3 is 0 Å². The summed E-state index contributed by atoms with van der Waals surface area (Å²) in [7, 11) is 0. The van der Waals surface area contributed by atoms with E-state index in [4.69, 9.17) is 16.3 Å². The van der Waals surface area contributed by atoms with Gasteiger partial charge in [0.1, 0.15) is 11.9 Å². The summed E-state index contributed by atoms with van der Waals surface area (Å²) < 4.78 is 5.84. The van der Waals surface area contributed by atoms with Gasteiger partial charge in [-0.05, 0) is 42.0 Å². The molecule has 1 aliphatic heterocycles. The van der Waals surface area contributed by atoms with Gasteiger partial charge in [-0.1, -0.05) is 23.7 Å². The SMILES string of the molecule is O=C(CCSc1ccc(Cl)cc1)NN=Cc1cccc(OC2CSC2)c1. The van der Waals surface area contributed by atoms with Crippen LogP contribution in [-0.4, -0.2) is 35.5 Å². The molecule has 136 valence electrons. The summed E-state index contributed by atoms with van der Waals surface area (Å²) in [5, 5.41) is 4.73. The molecule has 1 saturated heterocycles. The van der Waals surface area contributed by atoms with E-state index in [1.807, 2.05) is 60.3 Å². The Morgan fingerprint density at radius 1 is 1.31 bits per heavy atom. The second-order valence-electron chi connectivity index (χ2n) is 5.70. The van der Waals surface area contributed by atoms with Crippen LogP contribution in [-0.2, 0) is 4.79 Å². The highest BCUT2D eigenvalue weighted by Crippen LogP contribution is 2.24. The molecular weight excluding hydrogens is 388 g/mol. The van der Waals surface area contributed by atoms with E-state index in [9.17, 15) is 4.79 Å². The number of nitrogens with one attached hydrogen (secondary N) is 1. The minimum Gasteiger partial charge on any atom is -0.489 e. The quantitative estimate of drug-likeness (QED) is 0.399. The molecule has 0 aromatic heterocycles. The first-order valence-corrected chi connectivity index (χ1v) is 10.8. The zero-order valence-corrected chi connectivity index (χ0v) is 16.4. The van der Waals surface area contributed by atoms with Crippen molar-refractivity contribution < 1.29 is 9.53 Å². The summed E-state index contributed by atoms with van der Waals surface area (Å²) >= 11 is 9.35. The van der Waals surface area contributed by atoms with Crippen LogP contribution in [0.2, 0.25) is 5.02 Å². The highest BCUT2D eigenvalue weighted by atomic mass is 35.5. The molecule has 7 heteroatoms. The third-order valence-electron chi connectivity index (χ3n) is 3.58. The Kier molecular flexibility index (Phi) is 7.29. The summed E-state index contributed by atoms with van der Waals surface area (Å²) in [5.41, 5.74) is 3.45. The number of halogens is 1. The average molecular weight is 407 g/mol. The minimum atomic E-state index is -0.110. The van der Waals surface area contributed by atoms with Gasteiger partial charge in [-0.15, -0.1) is 11.8 Å². The third kappa shape index (κ3) is 6.27. The van der Waals surface area contributed by atoms with Crippen LogP contribution in [0.15, 0.2) is 58.5 Å². The fraction of sp³-hybridized carbons (Fsp3) is 0.263. The van der Waals surface area contributed by atoms with Crippen molar-refractivity contribution in [2.45, 2.75) is 17.4 Å². The number of hydrogen-bond acceptors (Lipinski definition) is 5. The third-order valence-corrected chi connectivity index (χ3v) is 6.06. The molecule has 1 amide bonds. The molecule has 0 spiro atoms. The largest absolute Gasteiger partial charge is 0.489 e. The Morgan fingerprint density at radius 2 is 2.12 bits per heavy atom. The zero-order chi connectivity index (χ0) is 18.2. The molecule has 0 radical (unpaired) electrons. The van der Waals surface area contributed by atoms with Gasteiger partial charge in [0.25, 0.3) is 0 Å².